The molecule has 1 aliphatic heterocycles. The molecule has 3 heteroatoms. The molecule has 0 aliphatic carbocycles. The fraction of sp³-hybridized carbons (Fsp3) is 0.0294. The van der Waals surface area contributed by atoms with Gasteiger partial charge in [0.2, 0.25) is 0 Å². The highest BCUT2D eigenvalue weighted by Gasteiger charge is 2.15. The van der Waals surface area contributed by atoms with Crippen LogP contribution in [0.3, 0.4) is 0 Å². The number of benzene rings is 5. The van der Waals surface area contributed by atoms with Crippen LogP contribution in [-0.2, 0) is 6.42 Å². The van der Waals surface area contributed by atoms with Gasteiger partial charge in [0.25, 0.3) is 0 Å². The van der Waals surface area contributed by atoms with Crippen molar-refractivity contribution in [2.45, 2.75) is 6.42 Å². The molecule has 1 aliphatic rings. The van der Waals surface area contributed by atoms with Crippen molar-refractivity contribution in [3.8, 4) is 44.8 Å². The summed E-state index contributed by atoms with van der Waals surface area (Å²) in [5.74, 6) is 0. The van der Waals surface area contributed by atoms with Gasteiger partial charge in [0.15, 0.2) is 0 Å². The molecular weight excluding hydrogens is 450 g/mol. The number of hydrogen-bond donors (Lipinski definition) is 0. The third-order valence-corrected chi connectivity index (χ3v) is 7.06. The molecule has 0 N–H and O–H groups in total. The van der Waals surface area contributed by atoms with Crippen molar-refractivity contribution in [2.24, 2.45) is 4.99 Å². The van der Waals surface area contributed by atoms with Crippen LogP contribution in [0.4, 0.5) is 5.69 Å². The molecule has 5 aromatic carbocycles. The van der Waals surface area contributed by atoms with Crippen LogP contribution >= 0.6 is 0 Å². The second kappa shape index (κ2) is 8.96. The molecule has 0 fully saturated rings. The summed E-state index contributed by atoms with van der Waals surface area (Å²) in [4.78, 5) is 4.49. The molecule has 7 rings (SSSR count). The van der Waals surface area contributed by atoms with Crippen LogP contribution in [-0.4, -0.2) is 16.4 Å². The average molecular weight is 474 g/mol. The Hall–Kier alpha value is -4.89. The lowest BCUT2D eigenvalue weighted by Crippen LogP contribution is -1.92. The number of hydrogen-bond acceptors (Lipinski definition) is 3. The van der Waals surface area contributed by atoms with Crippen LogP contribution in [0.1, 0.15) is 5.56 Å². The van der Waals surface area contributed by atoms with Crippen molar-refractivity contribution in [2.75, 3.05) is 0 Å². The van der Waals surface area contributed by atoms with Gasteiger partial charge in [0.05, 0.1) is 17.1 Å². The maximum atomic E-state index is 4.51. The normalized spacial score (nSPS) is 12.1. The maximum Gasteiger partial charge on any atom is 0.0930 e. The van der Waals surface area contributed by atoms with E-state index in [4.69, 9.17) is 0 Å². The van der Waals surface area contributed by atoms with Crippen molar-refractivity contribution in [1.29, 1.82) is 0 Å². The molecule has 0 bridgehead atoms. The number of aromatic nitrogens is 2. The monoisotopic (exact) mass is 473 g/mol. The zero-order chi connectivity index (χ0) is 24.6. The quantitative estimate of drug-likeness (QED) is 0.257. The predicted molar refractivity (Wildman–Crippen MR) is 153 cm³/mol. The number of fused-ring (bicyclic) bond motifs is 2. The second-order valence-corrected chi connectivity index (χ2v) is 9.32. The summed E-state index contributed by atoms with van der Waals surface area (Å²) in [6.07, 6.45) is 2.88. The molecule has 0 amide bonds. The second-order valence-electron chi connectivity index (χ2n) is 9.32. The van der Waals surface area contributed by atoms with Crippen LogP contribution in [0.5, 0.6) is 0 Å². The van der Waals surface area contributed by atoms with E-state index in [1.54, 1.807) is 0 Å². The van der Waals surface area contributed by atoms with Gasteiger partial charge < -0.3 is 0 Å². The molecule has 0 radical (unpaired) electrons. The van der Waals surface area contributed by atoms with Crippen molar-refractivity contribution < 1.29 is 0 Å². The first kappa shape index (κ1) is 21.4. The number of aliphatic imine (C=N–C) groups is 1. The molecule has 0 saturated heterocycles. The Morgan fingerprint density at radius 2 is 1.19 bits per heavy atom. The van der Waals surface area contributed by atoms with Gasteiger partial charge >= 0.3 is 0 Å². The fourth-order valence-electron chi connectivity index (χ4n) is 5.16. The minimum Gasteiger partial charge on any atom is -0.261 e. The fourth-order valence-corrected chi connectivity index (χ4v) is 5.16. The molecule has 37 heavy (non-hydrogen) atoms. The van der Waals surface area contributed by atoms with Crippen LogP contribution in [0.15, 0.2) is 126 Å². The Kier molecular flexibility index (Phi) is 5.18. The van der Waals surface area contributed by atoms with Gasteiger partial charge in [-0.3, -0.25) is 4.99 Å². The lowest BCUT2D eigenvalue weighted by atomic mass is 9.88. The molecule has 174 valence electrons. The van der Waals surface area contributed by atoms with Gasteiger partial charge in [-0.25, -0.2) is 0 Å². The number of rotatable bonds is 4. The van der Waals surface area contributed by atoms with Crippen molar-refractivity contribution in [1.82, 2.24) is 10.2 Å². The van der Waals surface area contributed by atoms with E-state index in [1.165, 1.54) is 38.6 Å². The van der Waals surface area contributed by atoms with Gasteiger partial charge in [-0.1, -0.05) is 97.1 Å². The Morgan fingerprint density at radius 3 is 1.97 bits per heavy atom. The lowest BCUT2D eigenvalue weighted by molar-refractivity contribution is 1.04. The summed E-state index contributed by atoms with van der Waals surface area (Å²) in [6, 6.07) is 42.6. The van der Waals surface area contributed by atoms with Gasteiger partial charge in [-0.15, -0.1) is 10.2 Å². The number of nitrogens with zero attached hydrogens (tertiary/aromatic N) is 3. The van der Waals surface area contributed by atoms with Crippen molar-refractivity contribution in [3.63, 3.8) is 0 Å². The third kappa shape index (κ3) is 3.91. The highest BCUT2D eigenvalue weighted by molar-refractivity contribution is 6.04. The maximum absolute atomic E-state index is 4.51. The molecule has 0 saturated carbocycles. The van der Waals surface area contributed by atoms with Crippen molar-refractivity contribution in [3.05, 3.63) is 127 Å². The molecule has 1 aromatic heterocycles. The minimum absolute atomic E-state index is 0.864. The lowest BCUT2D eigenvalue weighted by Gasteiger charge is -2.15. The van der Waals surface area contributed by atoms with E-state index >= 15 is 0 Å². The zero-order valence-electron chi connectivity index (χ0n) is 20.2. The summed E-state index contributed by atoms with van der Waals surface area (Å²) < 4.78 is 0. The smallest absolute Gasteiger partial charge is 0.0930 e. The molecule has 0 unspecified atom stereocenters. The molecule has 6 aromatic rings. The topological polar surface area (TPSA) is 38.1 Å². The van der Waals surface area contributed by atoms with E-state index in [0.29, 0.717) is 0 Å². The van der Waals surface area contributed by atoms with Gasteiger partial charge in [-0.2, -0.15) is 0 Å². The highest BCUT2D eigenvalue weighted by Crippen LogP contribution is 2.40. The molecule has 0 atom stereocenters. The molecular formula is C34H23N3. The summed E-state index contributed by atoms with van der Waals surface area (Å²) in [5, 5.41) is 11.5. The summed E-state index contributed by atoms with van der Waals surface area (Å²) in [6.45, 7) is 0. The standard InChI is InChI=1S/C34H23N3/c1-2-7-24(8-3-1)32-18-19-33(37-36-32)25-10-12-26(13-11-25)34-29-9-5-4-6-23(29)14-16-30(34)27-15-17-31-28(22-27)20-21-35-31/h1-19,21-22H,20H2. The summed E-state index contributed by atoms with van der Waals surface area (Å²) in [7, 11) is 0. The summed E-state index contributed by atoms with van der Waals surface area (Å²) in [5.41, 5.74) is 11.1. The first-order valence-corrected chi connectivity index (χ1v) is 12.5. The van der Waals surface area contributed by atoms with E-state index in [-0.39, 0.29) is 0 Å². The van der Waals surface area contributed by atoms with Gasteiger partial charge in [0, 0.05) is 23.8 Å². The average Bonchev–Trinajstić information content (AvgIpc) is 3.45. The Morgan fingerprint density at radius 1 is 0.514 bits per heavy atom. The first-order chi connectivity index (χ1) is 18.3. The molecule has 3 nitrogen and oxygen atoms in total. The Labute approximate surface area is 215 Å². The van der Waals surface area contributed by atoms with E-state index in [0.717, 1.165) is 34.6 Å². The van der Waals surface area contributed by atoms with Crippen LogP contribution < -0.4 is 0 Å². The largest absolute Gasteiger partial charge is 0.261 e. The third-order valence-electron chi connectivity index (χ3n) is 7.06. The van der Waals surface area contributed by atoms with E-state index < -0.39 is 0 Å². The summed E-state index contributed by atoms with van der Waals surface area (Å²) >= 11 is 0. The van der Waals surface area contributed by atoms with Crippen molar-refractivity contribution >= 4 is 22.7 Å². The Bertz CT molecular complexity index is 1770. The highest BCUT2D eigenvalue weighted by atomic mass is 15.1. The van der Waals surface area contributed by atoms with Gasteiger partial charge in [0.1, 0.15) is 0 Å². The van der Waals surface area contributed by atoms with E-state index in [2.05, 4.69) is 94.1 Å². The predicted octanol–water partition coefficient (Wildman–Crippen LogP) is 8.56. The zero-order valence-corrected chi connectivity index (χ0v) is 20.2. The SMILES string of the molecule is C1=Nc2ccc(-c3ccc4ccccc4c3-c3ccc(-c4ccc(-c5ccccc5)nn4)cc3)cc2C1. The Balaban J connectivity index is 1.29. The van der Waals surface area contributed by atoms with E-state index in [1.807, 2.05) is 48.7 Å². The van der Waals surface area contributed by atoms with Crippen LogP contribution in [0.25, 0.3) is 55.5 Å². The van der Waals surface area contributed by atoms with Crippen LogP contribution in [0.2, 0.25) is 0 Å². The van der Waals surface area contributed by atoms with Crippen LogP contribution in [0, 0.1) is 0 Å². The van der Waals surface area contributed by atoms with Gasteiger partial charge in [-0.05, 0) is 62.9 Å². The first-order valence-electron chi connectivity index (χ1n) is 12.5. The van der Waals surface area contributed by atoms with E-state index in [9.17, 15) is 0 Å². The minimum atomic E-state index is 0.864. The molecule has 2 heterocycles. The molecule has 0 spiro atoms.